The third kappa shape index (κ3) is 4.21. The molecule has 6 rings (SSSR count). The minimum atomic E-state index is -0.374. The second kappa shape index (κ2) is 8.82. The molecule has 0 atom stereocenters. The molecule has 0 bridgehead atoms. The third-order valence-electron chi connectivity index (χ3n) is 6.54. The number of fused-ring (bicyclic) bond motifs is 1. The van der Waals surface area contributed by atoms with E-state index >= 15 is 0 Å². The highest BCUT2D eigenvalue weighted by Gasteiger charge is 2.34. The van der Waals surface area contributed by atoms with Crippen molar-refractivity contribution in [3.63, 3.8) is 0 Å². The van der Waals surface area contributed by atoms with Gasteiger partial charge in [0.1, 0.15) is 12.1 Å². The van der Waals surface area contributed by atoms with Crippen LogP contribution in [0.5, 0.6) is 5.95 Å². The molecule has 4 aromatic rings. The van der Waals surface area contributed by atoms with Crippen molar-refractivity contribution in [1.82, 2.24) is 14.9 Å². The van der Waals surface area contributed by atoms with Crippen LogP contribution in [0.1, 0.15) is 31.2 Å². The molecule has 2 aromatic carbocycles. The lowest BCUT2D eigenvalue weighted by Gasteiger charge is -2.21. The molecule has 0 spiro atoms. The zero-order valence-electron chi connectivity index (χ0n) is 18.9. The van der Waals surface area contributed by atoms with Crippen molar-refractivity contribution >= 4 is 22.8 Å². The number of anilines is 1. The monoisotopic (exact) mass is 454 g/mol. The molecule has 1 saturated carbocycles. The molecule has 1 aliphatic heterocycles. The standard InChI is InChI=1S/C27H26N4O3/c32-27(34-25-7-4-14-33-25)31(22-9-10-22)17-19-5-3-6-20(15-19)21-8-11-24-23(16-21)26(29-18-28-24)30-12-1-2-13-30/h3-8,11,14-16,18,22H,1-2,9-10,12-13,17H2. The molecule has 7 nitrogen and oxygen atoms in total. The minimum absolute atomic E-state index is 0.215. The van der Waals surface area contributed by atoms with Crippen molar-refractivity contribution in [2.24, 2.45) is 0 Å². The first kappa shape index (κ1) is 20.7. The van der Waals surface area contributed by atoms with E-state index < -0.39 is 0 Å². The number of hydrogen-bond donors (Lipinski definition) is 0. The topological polar surface area (TPSA) is 71.7 Å². The lowest BCUT2D eigenvalue weighted by atomic mass is 10.0. The average molecular weight is 455 g/mol. The number of carbonyl (C=O) groups excluding carboxylic acids is 1. The van der Waals surface area contributed by atoms with E-state index in [0.717, 1.165) is 59.3 Å². The molecule has 0 N–H and O–H groups in total. The van der Waals surface area contributed by atoms with Crippen LogP contribution in [0, 0.1) is 0 Å². The Morgan fingerprint density at radius 3 is 2.68 bits per heavy atom. The Labute approximate surface area is 198 Å². The Morgan fingerprint density at radius 1 is 1.03 bits per heavy atom. The highest BCUT2D eigenvalue weighted by molar-refractivity contribution is 5.93. The van der Waals surface area contributed by atoms with Crippen LogP contribution < -0.4 is 9.64 Å². The normalized spacial score (nSPS) is 15.6. The van der Waals surface area contributed by atoms with E-state index in [1.807, 2.05) is 6.07 Å². The predicted molar refractivity (Wildman–Crippen MR) is 130 cm³/mol. The smallest absolute Gasteiger partial charge is 0.418 e. The molecule has 0 unspecified atom stereocenters. The highest BCUT2D eigenvalue weighted by Crippen LogP contribution is 2.32. The third-order valence-corrected chi connectivity index (χ3v) is 6.54. The zero-order valence-corrected chi connectivity index (χ0v) is 18.9. The maximum atomic E-state index is 12.8. The molecule has 1 saturated heterocycles. The molecular weight excluding hydrogens is 428 g/mol. The van der Waals surface area contributed by atoms with Gasteiger partial charge < -0.3 is 19.0 Å². The summed E-state index contributed by atoms with van der Waals surface area (Å²) < 4.78 is 10.6. The summed E-state index contributed by atoms with van der Waals surface area (Å²) in [5.41, 5.74) is 4.23. The summed E-state index contributed by atoms with van der Waals surface area (Å²) in [6, 6.07) is 18.3. The lowest BCUT2D eigenvalue weighted by molar-refractivity contribution is 0.135. The van der Waals surface area contributed by atoms with Crippen molar-refractivity contribution in [3.8, 4) is 17.1 Å². The van der Waals surface area contributed by atoms with Crippen molar-refractivity contribution < 1.29 is 13.9 Å². The van der Waals surface area contributed by atoms with Crippen LogP contribution in [0.3, 0.4) is 0 Å². The summed E-state index contributed by atoms with van der Waals surface area (Å²) in [7, 11) is 0. The Kier molecular flexibility index (Phi) is 5.37. The molecule has 34 heavy (non-hydrogen) atoms. The van der Waals surface area contributed by atoms with Crippen LogP contribution in [0.2, 0.25) is 0 Å². The molecular formula is C27H26N4O3. The van der Waals surface area contributed by atoms with Crippen molar-refractivity contribution in [2.75, 3.05) is 18.0 Å². The molecule has 1 amide bonds. The highest BCUT2D eigenvalue weighted by atomic mass is 16.6. The SMILES string of the molecule is O=C(Oc1ccco1)N(Cc1cccc(-c2ccc3ncnc(N4CCCC4)c3c2)c1)C1CC1. The van der Waals surface area contributed by atoms with Crippen molar-refractivity contribution in [2.45, 2.75) is 38.3 Å². The Hall–Kier alpha value is -3.87. The van der Waals surface area contributed by atoms with Crippen LogP contribution >= 0.6 is 0 Å². The number of amides is 1. The fourth-order valence-electron chi connectivity index (χ4n) is 4.64. The van der Waals surface area contributed by atoms with Gasteiger partial charge in [-0.3, -0.25) is 0 Å². The fraction of sp³-hybridized carbons (Fsp3) is 0.296. The average Bonchev–Trinajstić information content (AvgIpc) is 3.31. The molecule has 3 heterocycles. The first-order valence-corrected chi connectivity index (χ1v) is 11.9. The maximum absolute atomic E-state index is 12.8. The second-order valence-corrected chi connectivity index (χ2v) is 8.98. The Morgan fingerprint density at radius 2 is 1.88 bits per heavy atom. The Balaban J connectivity index is 1.27. The second-order valence-electron chi connectivity index (χ2n) is 8.98. The maximum Gasteiger partial charge on any atom is 0.418 e. The fourth-order valence-corrected chi connectivity index (χ4v) is 4.64. The van der Waals surface area contributed by atoms with E-state index in [0.29, 0.717) is 6.54 Å². The van der Waals surface area contributed by atoms with Gasteiger partial charge in [0.2, 0.25) is 0 Å². The summed E-state index contributed by atoms with van der Waals surface area (Å²) in [6.07, 6.45) is 7.18. The Bertz CT molecular complexity index is 1310. The summed E-state index contributed by atoms with van der Waals surface area (Å²) in [4.78, 5) is 26.0. The van der Waals surface area contributed by atoms with E-state index in [1.54, 1.807) is 23.4 Å². The van der Waals surface area contributed by atoms with Gasteiger partial charge in [0.05, 0.1) is 11.8 Å². The van der Waals surface area contributed by atoms with Crippen LogP contribution in [-0.4, -0.2) is 40.1 Å². The van der Waals surface area contributed by atoms with Gasteiger partial charge in [-0.2, -0.15) is 0 Å². The number of hydrogen-bond acceptors (Lipinski definition) is 6. The van der Waals surface area contributed by atoms with Gasteiger partial charge in [0.15, 0.2) is 0 Å². The largest absolute Gasteiger partial charge is 0.434 e. The summed E-state index contributed by atoms with van der Waals surface area (Å²) in [5, 5.41) is 1.08. The molecule has 1 aliphatic carbocycles. The van der Waals surface area contributed by atoms with E-state index in [4.69, 9.17) is 9.15 Å². The quantitative estimate of drug-likeness (QED) is 0.375. The number of nitrogens with zero attached hydrogens (tertiary/aromatic N) is 4. The lowest BCUT2D eigenvalue weighted by Crippen LogP contribution is -2.34. The van der Waals surface area contributed by atoms with Crippen LogP contribution in [0.4, 0.5) is 10.6 Å². The number of ether oxygens (including phenoxy) is 1. The predicted octanol–water partition coefficient (Wildman–Crippen LogP) is 5.65. The van der Waals surface area contributed by atoms with E-state index in [-0.39, 0.29) is 18.1 Å². The number of aromatic nitrogens is 2. The molecule has 172 valence electrons. The number of rotatable bonds is 6. The first-order chi connectivity index (χ1) is 16.7. The van der Waals surface area contributed by atoms with Gasteiger partial charge in [-0.1, -0.05) is 24.3 Å². The summed E-state index contributed by atoms with van der Waals surface area (Å²) >= 11 is 0. The van der Waals surface area contributed by atoms with Gasteiger partial charge in [0.25, 0.3) is 5.95 Å². The molecule has 2 aromatic heterocycles. The van der Waals surface area contributed by atoms with Gasteiger partial charge in [0, 0.05) is 37.1 Å². The molecule has 2 aliphatic rings. The number of furan rings is 1. The van der Waals surface area contributed by atoms with E-state index in [2.05, 4.69) is 51.3 Å². The van der Waals surface area contributed by atoms with E-state index in [9.17, 15) is 4.79 Å². The minimum Gasteiger partial charge on any atom is -0.434 e. The van der Waals surface area contributed by atoms with Crippen molar-refractivity contribution in [3.05, 3.63) is 72.8 Å². The number of carbonyl (C=O) groups is 1. The first-order valence-electron chi connectivity index (χ1n) is 11.9. The zero-order chi connectivity index (χ0) is 22.9. The van der Waals surface area contributed by atoms with Gasteiger partial charge >= 0.3 is 6.09 Å². The molecule has 2 fully saturated rings. The van der Waals surface area contributed by atoms with E-state index in [1.165, 1.54) is 19.1 Å². The summed E-state index contributed by atoms with van der Waals surface area (Å²) in [5.74, 6) is 1.23. The van der Waals surface area contributed by atoms with Crippen molar-refractivity contribution in [1.29, 1.82) is 0 Å². The van der Waals surface area contributed by atoms with Gasteiger partial charge in [-0.25, -0.2) is 14.8 Å². The van der Waals surface area contributed by atoms with Crippen LogP contribution in [-0.2, 0) is 6.54 Å². The van der Waals surface area contributed by atoms with Crippen LogP contribution in [0.25, 0.3) is 22.0 Å². The summed E-state index contributed by atoms with van der Waals surface area (Å²) in [6.45, 7) is 2.57. The number of benzene rings is 2. The van der Waals surface area contributed by atoms with Gasteiger partial charge in [-0.05, 0) is 66.6 Å². The molecule has 0 radical (unpaired) electrons. The van der Waals surface area contributed by atoms with Gasteiger partial charge in [-0.15, -0.1) is 0 Å². The molecule has 7 heteroatoms. The van der Waals surface area contributed by atoms with Crippen LogP contribution in [0.15, 0.2) is 71.6 Å².